The Morgan fingerprint density at radius 2 is 2.04 bits per heavy atom. The summed E-state index contributed by atoms with van der Waals surface area (Å²) in [5.74, 6) is 0.576. The number of aromatic nitrogens is 2. The van der Waals surface area contributed by atoms with E-state index in [-0.39, 0.29) is 5.92 Å². The summed E-state index contributed by atoms with van der Waals surface area (Å²) >= 11 is 0. The predicted molar refractivity (Wildman–Crippen MR) is 91.3 cm³/mol. The van der Waals surface area contributed by atoms with Crippen molar-refractivity contribution in [3.63, 3.8) is 0 Å². The summed E-state index contributed by atoms with van der Waals surface area (Å²) in [5.41, 5.74) is 2.36. The van der Waals surface area contributed by atoms with Gasteiger partial charge in [0.05, 0.1) is 12.1 Å². The average molecular weight is 333 g/mol. The van der Waals surface area contributed by atoms with E-state index in [1.54, 1.807) is 12.5 Å². The van der Waals surface area contributed by atoms with Gasteiger partial charge in [0.1, 0.15) is 9.84 Å². The number of sulfone groups is 1. The topological polar surface area (TPSA) is 55.2 Å². The Hall–Kier alpha value is -1.66. The summed E-state index contributed by atoms with van der Waals surface area (Å²) in [5, 5.41) is 0. The van der Waals surface area contributed by atoms with Crippen molar-refractivity contribution < 1.29 is 8.42 Å². The van der Waals surface area contributed by atoms with Crippen molar-refractivity contribution >= 4 is 9.84 Å². The highest BCUT2D eigenvalue weighted by atomic mass is 32.2. The van der Waals surface area contributed by atoms with Crippen LogP contribution in [-0.4, -0.2) is 48.0 Å². The number of rotatable bonds is 5. The number of imidazole rings is 1. The summed E-state index contributed by atoms with van der Waals surface area (Å²) in [6, 6.07) is 8.45. The third-order valence-electron chi connectivity index (χ3n) is 4.29. The number of likely N-dealkylation sites (tertiary alicyclic amines) is 1. The first kappa shape index (κ1) is 16.2. The molecule has 0 spiro atoms. The van der Waals surface area contributed by atoms with E-state index in [4.69, 9.17) is 0 Å². The van der Waals surface area contributed by atoms with Crippen LogP contribution in [0.4, 0.5) is 0 Å². The molecule has 1 atom stereocenters. The maximum absolute atomic E-state index is 11.5. The van der Waals surface area contributed by atoms with Gasteiger partial charge in [-0.05, 0) is 43.0 Å². The van der Waals surface area contributed by atoms with Crippen molar-refractivity contribution in [2.45, 2.75) is 19.4 Å². The van der Waals surface area contributed by atoms with Gasteiger partial charge in [0.25, 0.3) is 0 Å². The largest absolute Gasteiger partial charge is 0.306 e. The van der Waals surface area contributed by atoms with E-state index < -0.39 is 9.84 Å². The van der Waals surface area contributed by atoms with Crippen molar-refractivity contribution in [1.29, 1.82) is 0 Å². The lowest BCUT2D eigenvalue weighted by Gasteiger charge is -2.32. The van der Waals surface area contributed by atoms with E-state index in [1.807, 2.05) is 10.8 Å². The first-order valence-electron chi connectivity index (χ1n) is 7.97. The van der Waals surface area contributed by atoms with Crippen LogP contribution in [0.5, 0.6) is 0 Å². The van der Waals surface area contributed by atoms with Gasteiger partial charge in [0.15, 0.2) is 0 Å². The Kier molecular flexibility index (Phi) is 4.82. The molecule has 0 aliphatic carbocycles. The van der Waals surface area contributed by atoms with Crippen molar-refractivity contribution in [1.82, 2.24) is 14.5 Å². The highest BCUT2D eigenvalue weighted by molar-refractivity contribution is 7.90. The van der Waals surface area contributed by atoms with Gasteiger partial charge < -0.3 is 4.57 Å². The lowest BCUT2D eigenvalue weighted by atomic mass is 9.99. The molecular weight excluding hydrogens is 310 g/mol. The fourth-order valence-corrected chi connectivity index (χ4v) is 4.43. The Morgan fingerprint density at radius 1 is 1.26 bits per heavy atom. The average Bonchev–Trinajstić information content (AvgIpc) is 3.01. The van der Waals surface area contributed by atoms with Gasteiger partial charge in [-0.1, -0.05) is 12.1 Å². The molecule has 124 valence electrons. The minimum atomic E-state index is -2.89. The zero-order valence-electron chi connectivity index (χ0n) is 13.4. The number of benzene rings is 1. The van der Waals surface area contributed by atoms with E-state index in [0.717, 1.165) is 38.2 Å². The standard InChI is InChI=1S/C17H23N3O2S/c1-23(21,22)13-16-3-2-9-19(12-16)11-15-4-6-17(7-5-15)20-10-8-18-14-20/h4-8,10,14,16H,2-3,9,11-13H2,1H3. The minimum absolute atomic E-state index is 0.268. The molecule has 0 N–H and O–H groups in total. The van der Waals surface area contributed by atoms with Gasteiger partial charge in [0.2, 0.25) is 0 Å². The first-order valence-corrected chi connectivity index (χ1v) is 10.0. The van der Waals surface area contributed by atoms with Gasteiger partial charge in [-0.2, -0.15) is 0 Å². The zero-order chi connectivity index (χ0) is 16.3. The van der Waals surface area contributed by atoms with Crippen LogP contribution < -0.4 is 0 Å². The van der Waals surface area contributed by atoms with Crippen molar-refractivity contribution in [2.75, 3.05) is 25.1 Å². The predicted octanol–water partition coefficient (Wildman–Crippen LogP) is 2.13. The second-order valence-electron chi connectivity index (χ2n) is 6.47. The molecule has 1 fully saturated rings. The summed E-state index contributed by atoms with van der Waals surface area (Å²) in [6.07, 6.45) is 8.91. The molecule has 0 radical (unpaired) electrons. The molecule has 0 amide bonds. The zero-order valence-corrected chi connectivity index (χ0v) is 14.2. The van der Waals surface area contributed by atoms with Crippen LogP contribution in [-0.2, 0) is 16.4 Å². The second-order valence-corrected chi connectivity index (χ2v) is 8.66. The lowest BCUT2D eigenvalue weighted by Crippen LogP contribution is -2.37. The Bertz CT molecular complexity index is 724. The van der Waals surface area contributed by atoms with Crippen LogP contribution >= 0.6 is 0 Å². The van der Waals surface area contributed by atoms with E-state index in [0.29, 0.717) is 5.75 Å². The van der Waals surface area contributed by atoms with Crippen LogP contribution in [0, 0.1) is 5.92 Å². The Labute approximate surface area is 137 Å². The molecule has 1 unspecified atom stereocenters. The van der Waals surface area contributed by atoms with E-state index >= 15 is 0 Å². The van der Waals surface area contributed by atoms with Gasteiger partial charge >= 0.3 is 0 Å². The first-order chi connectivity index (χ1) is 11.0. The number of piperidine rings is 1. The Balaban J connectivity index is 1.60. The van der Waals surface area contributed by atoms with Gasteiger partial charge in [0, 0.05) is 37.4 Å². The number of hydrogen-bond donors (Lipinski definition) is 0. The summed E-state index contributed by atoms with van der Waals surface area (Å²) in [6.45, 7) is 2.80. The summed E-state index contributed by atoms with van der Waals surface area (Å²) < 4.78 is 25.0. The van der Waals surface area contributed by atoms with Gasteiger partial charge in [-0.15, -0.1) is 0 Å². The minimum Gasteiger partial charge on any atom is -0.306 e. The number of hydrogen-bond acceptors (Lipinski definition) is 4. The monoisotopic (exact) mass is 333 g/mol. The molecule has 2 heterocycles. The smallest absolute Gasteiger partial charge is 0.147 e. The molecule has 6 heteroatoms. The molecule has 1 aromatic carbocycles. The molecule has 23 heavy (non-hydrogen) atoms. The Morgan fingerprint density at radius 3 is 2.70 bits per heavy atom. The van der Waals surface area contributed by atoms with Crippen LogP contribution in [0.1, 0.15) is 18.4 Å². The molecule has 1 aliphatic rings. The van der Waals surface area contributed by atoms with Crippen LogP contribution in [0.15, 0.2) is 43.0 Å². The second kappa shape index (κ2) is 6.84. The SMILES string of the molecule is CS(=O)(=O)CC1CCCN(Cc2ccc(-n3ccnc3)cc2)C1. The molecule has 1 aromatic heterocycles. The molecular formula is C17H23N3O2S. The molecule has 1 aliphatic heterocycles. The maximum Gasteiger partial charge on any atom is 0.147 e. The van der Waals surface area contributed by atoms with E-state index in [9.17, 15) is 8.42 Å². The quantitative estimate of drug-likeness (QED) is 0.841. The van der Waals surface area contributed by atoms with E-state index in [1.165, 1.54) is 11.8 Å². The third kappa shape index (κ3) is 4.65. The van der Waals surface area contributed by atoms with Crippen LogP contribution in [0.2, 0.25) is 0 Å². The highest BCUT2D eigenvalue weighted by Crippen LogP contribution is 2.20. The maximum atomic E-state index is 11.5. The molecule has 5 nitrogen and oxygen atoms in total. The normalized spacial score (nSPS) is 19.8. The highest BCUT2D eigenvalue weighted by Gasteiger charge is 2.23. The molecule has 2 aromatic rings. The molecule has 0 bridgehead atoms. The fraction of sp³-hybridized carbons (Fsp3) is 0.471. The van der Waals surface area contributed by atoms with Crippen molar-refractivity contribution in [3.05, 3.63) is 48.5 Å². The van der Waals surface area contributed by atoms with Gasteiger partial charge in [-0.3, -0.25) is 4.90 Å². The molecule has 1 saturated heterocycles. The third-order valence-corrected chi connectivity index (χ3v) is 5.36. The van der Waals surface area contributed by atoms with E-state index in [2.05, 4.69) is 34.1 Å². The van der Waals surface area contributed by atoms with Crippen LogP contribution in [0.25, 0.3) is 5.69 Å². The summed E-state index contributed by atoms with van der Waals surface area (Å²) in [7, 11) is -2.89. The van der Waals surface area contributed by atoms with Crippen LogP contribution in [0.3, 0.4) is 0 Å². The number of nitrogens with zero attached hydrogens (tertiary/aromatic N) is 3. The van der Waals surface area contributed by atoms with Gasteiger partial charge in [-0.25, -0.2) is 13.4 Å². The molecule has 3 rings (SSSR count). The van der Waals surface area contributed by atoms with Crippen molar-refractivity contribution in [2.24, 2.45) is 5.92 Å². The summed E-state index contributed by atoms with van der Waals surface area (Å²) in [4.78, 5) is 6.42. The lowest BCUT2D eigenvalue weighted by molar-refractivity contribution is 0.178. The fourth-order valence-electron chi connectivity index (χ4n) is 3.30. The molecule has 0 saturated carbocycles. The van der Waals surface area contributed by atoms with Crippen molar-refractivity contribution in [3.8, 4) is 5.69 Å².